The number of aliphatic carboxylic acids is 1. The van der Waals surface area contributed by atoms with Gasteiger partial charge in [0.2, 0.25) is 5.91 Å². The molecule has 0 aromatic rings. The third-order valence-corrected chi connectivity index (χ3v) is 9.01. The van der Waals surface area contributed by atoms with Crippen LogP contribution in [0.15, 0.2) is 12.2 Å². The van der Waals surface area contributed by atoms with Gasteiger partial charge in [0, 0.05) is 12.8 Å². The summed E-state index contributed by atoms with van der Waals surface area (Å²) in [5.74, 6) is -2.38. The summed E-state index contributed by atoms with van der Waals surface area (Å²) < 4.78 is 26.7. The Kier molecular flexibility index (Phi) is 31.2. The molecule has 0 saturated heterocycles. The highest BCUT2D eigenvalue weighted by atomic mass is 31.2. The van der Waals surface area contributed by atoms with Crippen molar-refractivity contribution in [3.63, 3.8) is 0 Å². The maximum atomic E-state index is 12.2. The summed E-state index contributed by atoms with van der Waals surface area (Å²) in [6, 6.07) is -1.54. The summed E-state index contributed by atoms with van der Waals surface area (Å²) in [5.41, 5.74) is 0. The van der Waals surface area contributed by atoms with Gasteiger partial charge in [-0.05, 0) is 32.1 Å². The fourth-order valence-electron chi connectivity index (χ4n) is 5.06. The van der Waals surface area contributed by atoms with Gasteiger partial charge in [-0.1, -0.05) is 135 Å². The molecule has 0 aliphatic carbocycles. The van der Waals surface area contributed by atoms with Crippen molar-refractivity contribution in [1.82, 2.24) is 5.32 Å². The second-order valence-electron chi connectivity index (χ2n) is 12.8. The van der Waals surface area contributed by atoms with Crippen molar-refractivity contribution in [3.05, 3.63) is 12.2 Å². The van der Waals surface area contributed by atoms with E-state index in [-0.39, 0.29) is 12.8 Å². The minimum Gasteiger partial charge on any atom is -0.480 e. The number of aliphatic hydroxyl groups is 1. The van der Waals surface area contributed by atoms with Crippen molar-refractivity contribution in [3.8, 4) is 0 Å². The Bertz CT molecular complexity index is 885. The quantitative estimate of drug-likeness (QED) is 0.0217. The summed E-state index contributed by atoms with van der Waals surface area (Å²) in [7, 11) is -4.74. The number of aliphatic hydroxyl groups excluding tert-OH is 1. The lowest BCUT2D eigenvalue weighted by atomic mass is 10.0. The molecule has 3 unspecified atom stereocenters. The van der Waals surface area contributed by atoms with Crippen molar-refractivity contribution in [2.24, 2.45) is 0 Å². The Morgan fingerprint density at radius 2 is 1.10 bits per heavy atom. The monoisotopic (exact) mass is 705 g/mol. The minimum absolute atomic E-state index is 0.137. The van der Waals surface area contributed by atoms with E-state index < -0.39 is 57.6 Å². The molecule has 0 rings (SSSR count). The van der Waals surface area contributed by atoms with Crippen LogP contribution in [-0.2, 0) is 32.7 Å². The predicted molar refractivity (Wildman–Crippen MR) is 190 cm³/mol. The molecule has 0 aliphatic rings. The van der Waals surface area contributed by atoms with E-state index in [1.807, 2.05) is 0 Å². The topological polar surface area (TPSA) is 169 Å². The van der Waals surface area contributed by atoms with Gasteiger partial charge in [-0.25, -0.2) is 9.36 Å². The number of carbonyl (C=O) groups excluding carboxylic acids is 2. The number of allylic oxidation sites excluding steroid dienone is 2. The van der Waals surface area contributed by atoms with Gasteiger partial charge in [0.05, 0.1) is 13.2 Å². The molecule has 48 heavy (non-hydrogen) atoms. The number of carboxylic acids is 1. The van der Waals surface area contributed by atoms with E-state index >= 15 is 0 Å². The van der Waals surface area contributed by atoms with Gasteiger partial charge >= 0.3 is 19.8 Å². The van der Waals surface area contributed by atoms with Gasteiger partial charge in [-0.2, -0.15) is 0 Å². The lowest BCUT2D eigenvalue weighted by Gasteiger charge is -2.18. The fraction of sp³-hybridized carbons (Fsp3) is 0.861. The molecule has 1 amide bonds. The van der Waals surface area contributed by atoms with Gasteiger partial charge < -0.3 is 25.2 Å². The van der Waals surface area contributed by atoms with Crippen LogP contribution in [0.4, 0.5) is 0 Å². The van der Waals surface area contributed by atoms with Crippen LogP contribution >= 0.6 is 7.82 Å². The van der Waals surface area contributed by atoms with Gasteiger partial charge in [0.1, 0.15) is 12.7 Å². The first-order valence-corrected chi connectivity index (χ1v) is 20.2. The van der Waals surface area contributed by atoms with Crippen molar-refractivity contribution < 1.29 is 47.8 Å². The SMILES string of the molecule is CCCC/C=C\CCCCCCCC(=O)NC(COP(=O)(O)OCC(O)COC(=O)CCCCCCCCCCCCCCC)C(=O)O. The van der Waals surface area contributed by atoms with Gasteiger partial charge in [-0.3, -0.25) is 18.6 Å². The first-order valence-electron chi connectivity index (χ1n) is 18.7. The number of carbonyl (C=O) groups is 3. The zero-order valence-corrected chi connectivity index (χ0v) is 30.9. The van der Waals surface area contributed by atoms with E-state index in [2.05, 4.69) is 31.3 Å². The molecule has 0 bridgehead atoms. The molecule has 0 radical (unpaired) electrons. The van der Waals surface area contributed by atoms with Gasteiger partial charge in [0.15, 0.2) is 6.04 Å². The molecular formula is C36H68NO10P. The molecular weight excluding hydrogens is 637 g/mol. The fourth-order valence-corrected chi connectivity index (χ4v) is 5.83. The summed E-state index contributed by atoms with van der Waals surface area (Å²) in [4.78, 5) is 45.6. The van der Waals surface area contributed by atoms with Crippen LogP contribution in [0.3, 0.4) is 0 Å². The number of hydrogen-bond acceptors (Lipinski definition) is 8. The Balaban J connectivity index is 3.97. The maximum Gasteiger partial charge on any atom is 0.472 e. The number of phosphoric acid groups is 1. The Morgan fingerprint density at radius 3 is 1.65 bits per heavy atom. The molecule has 0 aromatic carbocycles. The molecule has 0 aliphatic heterocycles. The number of unbranched alkanes of at least 4 members (excludes halogenated alkanes) is 19. The number of rotatable bonds is 35. The highest BCUT2D eigenvalue weighted by Gasteiger charge is 2.28. The zero-order chi connectivity index (χ0) is 35.7. The molecule has 4 N–H and O–H groups in total. The van der Waals surface area contributed by atoms with Crippen LogP contribution in [0, 0.1) is 0 Å². The Morgan fingerprint density at radius 1 is 0.646 bits per heavy atom. The maximum absolute atomic E-state index is 12.2. The minimum atomic E-state index is -4.74. The van der Waals surface area contributed by atoms with Crippen molar-refractivity contribution in [2.75, 3.05) is 19.8 Å². The van der Waals surface area contributed by atoms with E-state index in [0.717, 1.165) is 57.8 Å². The Labute approximate surface area is 290 Å². The van der Waals surface area contributed by atoms with Crippen LogP contribution < -0.4 is 5.32 Å². The average molecular weight is 706 g/mol. The summed E-state index contributed by atoms with van der Waals surface area (Å²) >= 11 is 0. The lowest BCUT2D eigenvalue weighted by Crippen LogP contribution is -2.43. The van der Waals surface area contributed by atoms with Crippen LogP contribution in [-0.4, -0.2) is 64.9 Å². The lowest BCUT2D eigenvalue weighted by molar-refractivity contribution is -0.147. The molecule has 0 heterocycles. The van der Waals surface area contributed by atoms with E-state index in [9.17, 15) is 34.1 Å². The highest BCUT2D eigenvalue weighted by molar-refractivity contribution is 7.47. The molecule has 11 nitrogen and oxygen atoms in total. The molecule has 3 atom stereocenters. The summed E-state index contributed by atoms with van der Waals surface area (Å²) in [6.45, 7) is 2.52. The third-order valence-electron chi connectivity index (χ3n) is 8.05. The smallest absolute Gasteiger partial charge is 0.472 e. The highest BCUT2D eigenvalue weighted by Crippen LogP contribution is 2.43. The van der Waals surface area contributed by atoms with E-state index in [0.29, 0.717) is 12.8 Å². The first-order chi connectivity index (χ1) is 23.1. The number of nitrogens with one attached hydrogen (secondary N) is 1. The van der Waals surface area contributed by atoms with Crippen LogP contribution in [0.25, 0.3) is 0 Å². The van der Waals surface area contributed by atoms with Crippen LogP contribution in [0.5, 0.6) is 0 Å². The van der Waals surface area contributed by atoms with Crippen LogP contribution in [0.2, 0.25) is 0 Å². The predicted octanol–water partition coefficient (Wildman–Crippen LogP) is 8.55. The molecule has 0 spiro atoms. The largest absolute Gasteiger partial charge is 0.480 e. The third kappa shape index (κ3) is 31.5. The van der Waals surface area contributed by atoms with Gasteiger partial charge in [0.25, 0.3) is 0 Å². The molecule has 0 fully saturated rings. The van der Waals surface area contributed by atoms with Crippen molar-refractivity contribution in [1.29, 1.82) is 0 Å². The number of ether oxygens (including phenoxy) is 1. The molecule has 0 saturated carbocycles. The first kappa shape index (κ1) is 46.2. The molecule has 0 aromatic heterocycles. The number of esters is 1. The number of carboxylic acid groups (broad SMARTS) is 1. The van der Waals surface area contributed by atoms with Crippen molar-refractivity contribution >= 4 is 25.7 Å². The molecule has 282 valence electrons. The summed E-state index contributed by atoms with van der Waals surface area (Å²) in [5, 5.41) is 21.7. The zero-order valence-electron chi connectivity index (χ0n) is 30.0. The second-order valence-corrected chi connectivity index (χ2v) is 14.2. The summed E-state index contributed by atoms with van der Waals surface area (Å²) in [6.07, 6.45) is 28.2. The van der Waals surface area contributed by atoms with E-state index in [1.165, 1.54) is 70.6 Å². The number of amides is 1. The van der Waals surface area contributed by atoms with E-state index in [4.69, 9.17) is 13.8 Å². The van der Waals surface area contributed by atoms with Gasteiger partial charge in [-0.15, -0.1) is 0 Å². The standard InChI is InChI=1S/C36H68NO10P/c1-3-5-7-9-11-13-15-16-18-20-22-24-26-28-35(40)45-29-32(38)30-46-48(43,44)47-31-33(36(41)42)37-34(39)27-25-23-21-19-17-14-12-10-8-6-4-2/h10,12,32-33,38H,3-9,11,13-31H2,1-2H3,(H,37,39)(H,41,42)(H,43,44)/b12-10-. The Hall–Kier alpha value is -1.78. The normalized spacial score (nSPS) is 14.1. The number of hydrogen-bond donors (Lipinski definition) is 4. The second kappa shape index (κ2) is 32.4. The molecule has 12 heteroatoms. The van der Waals surface area contributed by atoms with E-state index in [1.54, 1.807) is 0 Å². The van der Waals surface area contributed by atoms with Crippen LogP contribution in [0.1, 0.15) is 168 Å². The number of phosphoric ester groups is 1. The average Bonchev–Trinajstić information content (AvgIpc) is 3.05. The van der Waals surface area contributed by atoms with Crippen molar-refractivity contribution in [2.45, 2.75) is 180 Å².